The summed E-state index contributed by atoms with van der Waals surface area (Å²) >= 11 is 5.83. The molecule has 3 nitrogen and oxygen atoms in total. The highest BCUT2D eigenvalue weighted by Gasteiger charge is 2.34. The third-order valence-electron chi connectivity index (χ3n) is 6.04. The molecule has 0 radical (unpaired) electrons. The fourth-order valence-electron chi connectivity index (χ4n) is 4.20. The average Bonchev–Trinajstić information content (AvgIpc) is 3.25. The Morgan fingerprint density at radius 3 is 2.31 bits per heavy atom. The van der Waals surface area contributed by atoms with E-state index in [1.165, 1.54) is 47.1 Å². The van der Waals surface area contributed by atoms with Gasteiger partial charge in [0.1, 0.15) is 29.5 Å². The van der Waals surface area contributed by atoms with Gasteiger partial charge in [-0.25, -0.2) is 17.6 Å². The second-order valence-corrected chi connectivity index (χ2v) is 9.02. The minimum atomic E-state index is -4.70. The Bertz CT molecular complexity index is 1700. The summed E-state index contributed by atoms with van der Waals surface area (Å²) in [6.45, 7) is -0.873. The average molecular weight is 565 g/mol. The lowest BCUT2D eigenvalue weighted by Gasteiger charge is -2.12. The lowest BCUT2D eigenvalue weighted by atomic mass is 10.0. The second-order valence-electron chi connectivity index (χ2n) is 8.58. The molecule has 5 rings (SSSR count). The minimum absolute atomic E-state index is 0.0983. The van der Waals surface area contributed by atoms with Crippen LogP contribution in [0.15, 0.2) is 72.8 Å². The molecule has 5 aromatic rings. The molecular formula is C28H16ClF7N2O. The Morgan fingerprint density at radius 1 is 0.821 bits per heavy atom. The first kappa shape index (κ1) is 26.6. The van der Waals surface area contributed by atoms with Crippen LogP contribution in [0, 0.1) is 23.3 Å². The summed E-state index contributed by atoms with van der Waals surface area (Å²) in [5, 5.41) is 4.47. The number of rotatable bonds is 6. The third-order valence-corrected chi connectivity index (χ3v) is 6.28. The van der Waals surface area contributed by atoms with Crippen LogP contribution in [0.1, 0.15) is 16.7 Å². The molecule has 0 fully saturated rings. The Labute approximate surface area is 222 Å². The fourth-order valence-corrected chi connectivity index (χ4v) is 4.36. The van der Waals surface area contributed by atoms with E-state index in [0.29, 0.717) is 11.6 Å². The van der Waals surface area contributed by atoms with Gasteiger partial charge in [-0.15, -0.1) is 0 Å². The number of aromatic nitrogens is 2. The van der Waals surface area contributed by atoms with Gasteiger partial charge < -0.3 is 4.74 Å². The van der Waals surface area contributed by atoms with Crippen LogP contribution < -0.4 is 4.74 Å². The maximum Gasteiger partial charge on any atom is 0.418 e. The molecule has 0 saturated heterocycles. The molecule has 200 valence electrons. The summed E-state index contributed by atoms with van der Waals surface area (Å²) in [4.78, 5) is 0. The first-order valence-corrected chi connectivity index (χ1v) is 11.8. The van der Waals surface area contributed by atoms with Crippen LogP contribution in [0.2, 0.25) is 5.02 Å². The van der Waals surface area contributed by atoms with Crippen molar-refractivity contribution in [2.24, 2.45) is 0 Å². The Morgan fingerprint density at radius 2 is 1.56 bits per heavy atom. The van der Waals surface area contributed by atoms with E-state index < -0.39 is 47.2 Å². The van der Waals surface area contributed by atoms with Crippen LogP contribution in [-0.2, 0) is 19.3 Å². The normalized spacial score (nSPS) is 11.8. The smallest absolute Gasteiger partial charge is 0.418 e. The van der Waals surface area contributed by atoms with Gasteiger partial charge in [-0.2, -0.15) is 18.3 Å². The number of benzene rings is 4. The van der Waals surface area contributed by atoms with Crippen molar-refractivity contribution in [2.45, 2.75) is 19.3 Å². The van der Waals surface area contributed by atoms with Crippen LogP contribution in [-0.4, -0.2) is 9.78 Å². The van der Waals surface area contributed by atoms with E-state index in [1.807, 2.05) is 0 Å². The molecule has 0 unspecified atom stereocenters. The van der Waals surface area contributed by atoms with E-state index in [-0.39, 0.29) is 39.5 Å². The van der Waals surface area contributed by atoms with Crippen molar-refractivity contribution >= 4 is 22.5 Å². The molecule has 39 heavy (non-hydrogen) atoms. The van der Waals surface area contributed by atoms with Gasteiger partial charge in [-0.1, -0.05) is 41.9 Å². The van der Waals surface area contributed by atoms with E-state index in [9.17, 15) is 30.7 Å². The molecule has 0 saturated carbocycles. The van der Waals surface area contributed by atoms with Crippen molar-refractivity contribution in [3.8, 4) is 17.0 Å². The highest BCUT2D eigenvalue weighted by Crippen LogP contribution is 2.39. The van der Waals surface area contributed by atoms with Gasteiger partial charge in [0.15, 0.2) is 11.6 Å². The van der Waals surface area contributed by atoms with Gasteiger partial charge in [-0.05, 0) is 42.5 Å². The van der Waals surface area contributed by atoms with Crippen molar-refractivity contribution in [1.29, 1.82) is 0 Å². The second kappa shape index (κ2) is 10.3. The zero-order chi connectivity index (χ0) is 27.9. The molecule has 4 aromatic carbocycles. The zero-order valence-electron chi connectivity index (χ0n) is 19.7. The van der Waals surface area contributed by atoms with Gasteiger partial charge in [0.05, 0.1) is 23.4 Å². The maximum absolute atomic E-state index is 14.6. The van der Waals surface area contributed by atoms with Crippen molar-refractivity contribution in [3.63, 3.8) is 0 Å². The van der Waals surface area contributed by atoms with E-state index in [1.54, 1.807) is 6.07 Å². The molecule has 1 heterocycles. The molecule has 0 aliphatic heterocycles. The molecule has 0 aliphatic carbocycles. The Balaban J connectivity index is 1.60. The van der Waals surface area contributed by atoms with Crippen LogP contribution >= 0.6 is 11.6 Å². The summed E-state index contributed by atoms with van der Waals surface area (Å²) in [5.74, 6) is -4.20. The van der Waals surface area contributed by atoms with Crippen LogP contribution in [0.5, 0.6) is 5.75 Å². The maximum atomic E-state index is 14.6. The van der Waals surface area contributed by atoms with E-state index in [4.69, 9.17) is 16.3 Å². The summed E-state index contributed by atoms with van der Waals surface area (Å²) in [6, 6.07) is 14.9. The standard InChI is InChI=1S/C28H16ClF7N2O/c29-17-8-7-16(24(32)12-17)13-38-27(19-5-2-6-21(26(19)37-38)28(34,35)36)15-3-1-4-18(11-15)39-14-20-22(30)9-10-23(31)25(20)33/h1-12H,13-14H2. The first-order valence-electron chi connectivity index (χ1n) is 11.4. The topological polar surface area (TPSA) is 27.1 Å². The monoisotopic (exact) mass is 564 g/mol. The molecule has 0 aliphatic rings. The molecular weight excluding hydrogens is 549 g/mol. The van der Waals surface area contributed by atoms with Crippen LogP contribution in [0.25, 0.3) is 22.2 Å². The van der Waals surface area contributed by atoms with E-state index >= 15 is 0 Å². The van der Waals surface area contributed by atoms with Crippen LogP contribution in [0.3, 0.4) is 0 Å². The highest BCUT2D eigenvalue weighted by molar-refractivity contribution is 6.30. The number of nitrogens with zero attached hydrogens (tertiary/aromatic N) is 2. The predicted octanol–water partition coefficient (Wildman–Crippen LogP) is 8.56. The number of fused-ring (bicyclic) bond motifs is 1. The molecule has 0 N–H and O–H groups in total. The van der Waals surface area contributed by atoms with Crippen molar-refractivity contribution in [3.05, 3.63) is 118 Å². The zero-order valence-corrected chi connectivity index (χ0v) is 20.4. The summed E-state index contributed by atoms with van der Waals surface area (Å²) in [5.41, 5.74) is -1.25. The van der Waals surface area contributed by atoms with Crippen molar-refractivity contribution in [2.75, 3.05) is 0 Å². The third kappa shape index (κ3) is 5.29. The van der Waals surface area contributed by atoms with Crippen molar-refractivity contribution in [1.82, 2.24) is 9.78 Å². The largest absolute Gasteiger partial charge is 0.489 e. The Hall–Kier alpha value is -4.05. The summed E-state index contributed by atoms with van der Waals surface area (Å²) in [6.07, 6.45) is -4.70. The van der Waals surface area contributed by atoms with Crippen molar-refractivity contribution < 1.29 is 35.5 Å². The lowest BCUT2D eigenvalue weighted by Crippen LogP contribution is -2.07. The molecule has 0 amide bonds. The number of halogens is 8. The fraction of sp³-hybridized carbons (Fsp3) is 0.107. The highest BCUT2D eigenvalue weighted by atomic mass is 35.5. The van der Waals surface area contributed by atoms with Crippen LogP contribution in [0.4, 0.5) is 30.7 Å². The summed E-state index contributed by atoms with van der Waals surface area (Å²) in [7, 11) is 0. The van der Waals surface area contributed by atoms with Gasteiger partial charge in [0, 0.05) is 21.5 Å². The number of hydrogen-bond donors (Lipinski definition) is 0. The minimum Gasteiger partial charge on any atom is -0.489 e. The van der Waals surface area contributed by atoms with E-state index in [2.05, 4.69) is 5.10 Å². The SMILES string of the molecule is Fc1cc(Cl)ccc1Cn1nc2c(C(F)(F)F)cccc2c1-c1cccc(OCc2c(F)ccc(F)c2F)c1. The number of hydrogen-bond acceptors (Lipinski definition) is 2. The molecule has 1 aromatic heterocycles. The summed E-state index contributed by atoms with van der Waals surface area (Å²) < 4.78 is 104. The molecule has 0 atom stereocenters. The van der Waals surface area contributed by atoms with E-state index in [0.717, 1.165) is 18.2 Å². The molecule has 0 spiro atoms. The van der Waals surface area contributed by atoms with Gasteiger partial charge in [0.2, 0.25) is 0 Å². The molecule has 11 heteroatoms. The predicted molar refractivity (Wildman–Crippen MR) is 131 cm³/mol. The van der Waals surface area contributed by atoms with Gasteiger partial charge in [0.25, 0.3) is 0 Å². The quantitative estimate of drug-likeness (QED) is 0.153. The van der Waals surface area contributed by atoms with Gasteiger partial charge >= 0.3 is 6.18 Å². The Kier molecular flexibility index (Phi) is 6.98. The lowest BCUT2D eigenvalue weighted by molar-refractivity contribution is -0.136. The number of alkyl halides is 3. The van der Waals surface area contributed by atoms with Gasteiger partial charge in [-0.3, -0.25) is 4.68 Å². The molecule has 0 bridgehead atoms. The first-order chi connectivity index (χ1) is 18.5. The number of ether oxygens (including phenoxy) is 1.